The SMILES string of the molecule is COc1ccc(CN(C(=S)Nc2ccccc2)[C@H]2CC(=O)N(c3ccc(F)cc3)C2=O)cc1. The summed E-state index contributed by atoms with van der Waals surface area (Å²) >= 11 is 5.66. The quantitative estimate of drug-likeness (QED) is 0.433. The zero-order valence-electron chi connectivity index (χ0n) is 17.9. The second kappa shape index (κ2) is 9.79. The van der Waals surface area contributed by atoms with Gasteiger partial charge in [-0.2, -0.15) is 0 Å². The number of methoxy groups -OCH3 is 1. The van der Waals surface area contributed by atoms with Crippen LogP contribution in [0.25, 0.3) is 0 Å². The fraction of sp³-hybridized carbons (Fsp3) is 0.160. The van der Waals surface area contributed by atoms with Crippen molar-refractivity contribution in [3.05, 3.63) is 90.2 Å². The molecule has 2 amide bonds. The van der Waals surface area contributed by atoms with Gasteiger partial charge in [0, 0.05) is 12.2 Å². The highest BCUT2D eigenvalue weighted by Crippen LogP contribution is 2.28. The predicted molar refractivity (Wildman–Crippen MR) is 128 cm³/mol. The van der Waals surface area contributed by atoms with Gasteiger partial charge in [0.15, 0.2) is 5.11 Å². The molecule has 1 fully saturated rings. The Morgan fingerprint density at radius 2 is 1.73 bits per heavy atom. The lowest BCUT2D eigenvalue weighted by molar-refractivity contribution is -0.122. The predicted octanol–water partition coefficient (Wildman–Crippen LogP) is 4.37. The molecule has 3 aromatic carbocycles. The molecule has 168 valence electrons. The van der Waals surface area contributed by atoms with Crippen molar-refractivity contribution in [2.24, 2.45) is 0 Å². The minimum atomic E-state index is -0.798. The molecule has 1 N–H and O–H groups in total. The molecule has 33 heavy (non-hydrogen) atoms. The second-order valence-electron chi connectivity index (χ2n) is 7.54. The summed E-state index contributed by atoms with van der Waals surface area (Å²) in [7, 11) is 1.59. The van der Waals surface area contributed by atoms with E-state index in [1.165, 1.54) is 24.3 Å². The Hall–Kier alpha value is -3.78. The topological polar surface area (TPSA) is 61.9 Å². The number of nitrogens with one attached hydrogen (secondary N) is 1. The van der Waals surface area contributed by atoms with Gasteiger partial charge in [-0.25, -0.2) is 9.29 Å². The van der Waals surface area contributed by atoms with Gasteiger partial charge >= 0.3 is 0 Å². The van der Waals surface area contributed by atoms with Crippen LogP contribution < -0.4 is 15.0 Å². The number of benzene rings is 3. The van der Waals surface area contributed by atoms with Crippen LogP contribution in [0.5, 0.6) is 5.75 Å². The molecular formula is C25H22FN3O3S. The number of imide groups is 1. The average molecular weight is 464 g/mol. The first kappa shape index (κ1) is 22.4. The van der Waals surface area contributed by atoms with E-state index in [0.717, 1.165) is 16.2 Å². The highest BCUT2D eigenvalue weighted by molar-refractivity contribution is 7.80. The number of halogens is 1. The summed E-state index contributed by atoms with van der Waals surface area (Å²) in [4.78, 5) is 29.0. The number of rotatable bonds is 6. The fourth-order valence-electron chi connectivity index (χ4n) is 3.69. The van der Waals surface area contributed by atoms with Crippen molar-refractivity contribution in [3.63, 3.8) is 0 Å². The van der Waals surface area contributed by atoms with Gasteiger partial charge in [0.1, 0.15) is 17.6 Å². The van der Waals surface area contributed by atoms with Crippen LogP contribution in [0.2, 0.25) is 0 Å². The third-order valence-electron chi connectivity index (χ3n) is 5.38. The lowest BCUT2D eigenvalue weighted by Gasteiger charge is -2.30. The van der Waals surface area contributed by atoms with Gasteiger partial charge in [0.05, 0.1) is 19.2 Å². The molecule has 0 spiro atoms. The molecule has 0 aliphatic carbocycles. The Balaban J connectivity index is 1.62. The zero-order valence-corrected chi connectivity index (χ0v) is 18.7. The second-order valence-corrected chi connectivity index (χ2v) is 7.92. The van der Waals surface area contributed by atoms with Crippen molar-refractivity contribution < 1.29 is 18.7 Å². The number of amides is 2. The minimum Gasteiger partial charge on any atom is -0.497 e. The molecule has 0 unspecified atom stereocenters. The van der Waals surface area contributed by atoms with E-state index in [1.807, 2.05) is 54.6 Å². The fourth-order valence-corrected chi connectivity index (χ4v) is 4.00. The monoisotopic (exact) mass is 463 g/mol. The van der Waals surface area contributed by atoms with Crippen molar-refractivity contribution in [2.75, 3.05) is 17.3 Å². The highest BCUT2D eigenvalue weighted by Gasteiger charge is 2.43. The number of hydrogen-bond acceptors (Lipinski definition) is 4. The molecule has 1 saturated heterocycles. The Bertz CT molecular complexity index is 1150. The third kappa shape index (κ3) is 5.01. The lowest BCUT2D eigenvalue weighted by Crippen LogP contribution is -2.46. The number of para-hydroxylation sites is 1. The maximum atomic E-state index is 13.4. The number of ether oxygens (including phenoxy) is 1. The van der Waals surface area contributed by atoms with E-state index in [4.69, 9.17) is 17.0 Å². The minimum absolute atomic E-state index is 0.0387. The van der Waals surface area contributed by atoms with Crippen LogP contribution in [0.15, 0.2) is 78.9 Å². The maximum Gasteiger partial charge on any atom is 0.257 e. The number of hydrogen-bond donors (Lipinski definition) is 1. The van der Waals surface area contributed by atoms with E-state index < -0.39 is 17.8 Å². The van der Waals surface area contributed by atoms with E-state index in [0.29, 0.717) is 23.1 Å². The Labute approximate surface area is 196 Å². The lowest BCUT2D eigenvalue weighted by atomic mass is 10.1. The summed E-state index contributed by atoms with van der Waals surface area (Å²) in [5.74, 6) is -0.496. The Morgan fingerprint density at radius 1 is 1.06 bits per heavy atom. The smallest absolute Gasteiger partial charge is 0.257 e. The van der Waals surface area contributed by atoms with Gasteiger partial charge in [0.2, 0.25) is 5.91 Å². The van der Waals surface area contributed by atoms with E-state index >= 15 is 0 Å². The van der Waals surface area contributed by atoms with Crippen LogP contribution in [-0.4, -0.2) is 35.0 Å². The molecule has 0 bridgehead atoms. The molecule has 0 radical (unpaired) electrons. The Morgan fingerprint density at radius 3 is 2.36 bits per heavy atom. The van der Waals surface area contributed by atoms with E-state index in [9.17, 15) is 14.0 Å². The molecule has 0 saturated carbocycles. The molecule has 3 aromatic rings. The van der Waals surface area contributed by atoms with Gasteiger partial charge < -0.3 is 15.0 Å². The molecule has 1 atom stereocenters. The van der Waals surface area contributed by atoms with Gasteiger partial charge in [-0.15, -0.1) is 0 Å². The van der Waals surface area contributed by atoms with E-state index in [2.05, 4.69) is 5.32 Å². The van der Waals surface area contributed by atoms with Crippen LogP contribution in [-0.2, 0) is 16.1 Å². The molecule has 4 rings (SSSR count). The van der Waals surface area contributed by atoms with Crippen molar-refractivity contribution in [1.29, 1.82) is 0 Å². The van der Waals surface area contributed by atoms with Gasteiger partial charge in [-0.1, -0.05) is 30.3 Å². The number of carbonyl (C=O) groups excluding carboxylic acids is 2. The van der Waals surface area contributed by atoms with Gasteiger partial charge in [-0.3, -0.25) is 9.59 Å². The number of thiocarbonyl (C=S) groups is 1. The summed E-state index contributed by atoms with van der Waals surface area (Å²) in [5.41, 5.74) is 2.00. The normalized spacial score (nSPS) is 15.5. The first-order valence-electron chi connectivity index (χ1n) is 10.3. The molecule has 8 heteroatoms. The standard InChI is InChI=1S/C25H22FN3O3S/c1-32-21-13-7-17(8-14-21)16-28(25(33)27-19-5-3-2-4-6-19)22-15-23(30)29(24(22)31)20-11-9-18(26)10-12-20/h2-14,22H,15-16H2,1H3,(H,27,33)/t22-/m0/s1. The van der Waals surface area contributed by atoms with Crippen LogP contribution in [0, 0.1) is 5.82 Å². The third-order valence-corrected chi connectivity index (χ3v) is 5.72. The molecule has 0 aromatic heterocycles. The molecule has 1 aliphatic heterocycles. The highest BCUT2D eigenvalue weighted by atomic mass is 32.1. The average Bonchev–Trinajstić information content (AvgIpc) is 3.12. The van der Waals surface area contributed by atoms with Crippen molar-refractivity contribution in [2.45, 2.75) is 19.0 Å². The van der Waals surface area contributed by atoms with Crippen molar-refractivity contribution in [3.8, 4) is 5.75 Å². The molecule has 1 heterocycles. The van der Waals surface area contributed by atoms with E-state index in [1.54, 1.807) is 12.0 Å². The summed E-state index contributed by atoms with van der Waals surface area (Å²) < 4.78 is 18.6. The number of carbonyl (C=O) groups is 2. The summed E-state index contributed by atoms with van der Waals surface area (Å²) in [6.07, 6.45) is -0.0387. The van der Waals surface area contributed by atoms with Gasteiger partial charge in [0.25, 0.3) is 5.91 Å². The summed E-state index contributed by atoms with van der Waals surface area (Å²) in [6, 6.07) is 21.3. The van der Waals surface area contributed by atoms with Gasteiger partial charge in [-0.05, 0) is 66.3 Å². The van der Waals surface area contributed by atoms with Crippen LogP contribution in [0.4, 0.5) is 15.8 Å². The van der Waals surface area contributed by atoms with Crippen LogP contribution >= 0.6 is 12.2 Å². The largest absolute Gasteiger partial charge is 0.497 e. The maximum absolute atomic E-state index is 13.4. The first-order chi connectivity index (χ1) is 16.0. The first-order valence-corrected chi connectivity index (χ1v) is 10.7. The number of nitrogens with zero attached hydrogens (tertiary/aromatic N) is 2. The van der Waals surface area contributed by atoms with E-state index in [-0.39, 0.29) is 12.3 Å². The Kier molecular flexibility index (Phi) is 6.65. The van der Waals surface area contributed by atoms with Crippen molar-refractivity contribution in [1.82, 2.24) is 4.90 Å². The number of anilines is 2. The molecule has 1 aliphatic rings. The molecular weight excluding hydrogens is 441 g/mol. The van der Waals surface area contributed by atoms with Crippen molar-refractivity contribution >= 4 is 40.5 Å². The molecule has 6 nitrogen and oxygen atoms in total. The summed E-state index contributed by atoms with van der Waals surface area (Å²) in [6.45, 7) is 0.309. The summed E-state index contributed by atoms with van der Waals surface area (Å²) in [5, 5.41) is 3.48. The van der Waals surface area contributed by atoms with Crippen LogP contribution in [0.1, 0.15) is 12.0 Å². The zero-order chi connectivity index (χ0) is 23.4. The van der Waals surface area contributed by atoms with Crippen LogP contribution in [0.3, 0.4) is 0 Å².